The van der Waals surface area contributed by atoms with Crippen LogP contribution in [0.3, 0.4) is 0 Å². The fraction of sp³-hybridized carbons (Fsp3) is 0.333. The molecule has 4 N–H and O–H groups in total. The van der Waals surface area contributed by atoms with E-state index in [1.165, 1.54) is 0 Å². The van der Waals surface area contributed by atoms with E-state index in [1.807, 2.05) is 6.07 Å². The van der Waals surface area contributed by atoms with Gasteiger partial charge in [-0.15, -0.1) is 0 Å². The standard InChI is InChI=1S/C15H18N4O3/c1-10(8-16)7-12(14(17)21)19-13(20)9-18-15(22)11-5-3-2-4-6-11/h2-6,10,12H,7,9H2,1H3,(H2,17,21)(H,18,22)(H,19,20)/t10-,12+/m0/s1. The van der Waals surface area contributed by atoms with E-state index < -0.39 is 29.7 Å². The van der Waals surface area contributed by atoms with Crippen molar-refractivity contribution < 1.29 is 14.4 Å². The maximum Gasteiger partial charge on any atom is 0.251 e. The van der Waals surface area contributed by atoms with Crippen LogP contribution in [0.25, 0.3) is 0 Å². The fourth-order valence-corrected chi connectivity index (χ4v) is 1.75. The second-order valence-electron chi connectivity index (χ2n) is 4.84. The van der Waals surface area contributed by atoms with Crippen molar-refractivity contribution in [3.8, 4) is 6.07 Å². The monoisotopic (exact) mass is 302 g/mol. The van der Waals surface area contributed by atoms with E-state index >= 15 is 0 Å². The Labute approximate surface area is 128 Å². The Balaban J connectivity index is 2.49. The lowest BCUT2D eigenvalue weighted by Gasteiger charge is -2.16. The molecule has 3 amide bonds. The number of carbonyl (C=O) groups excluding carboxylic acids is 3. The average molecular weight is 302 g/mol. The molecule has 7 nitrogen and oxygen atoms in total. The number of benzene rings is 1. The van der Waals surface area contributed by atoms with Crippen molar-refractivity contribution in [2.75, 3.05) is 6.54 Å². The number of nitriles is 1. The third-order valence-corrected chi connectivity index (χ3v) is 2.93. The molecule has 0 bridgehead atoms. The molecule has 0 spiro atoms. The van der Waals surface area contributed by atoms with Gasteiger partial charge in [-0.1, -0.05) is 18.2 Å². The topological polar surface area (TPSA) is 125 Å². The molecule has 0 aliphatic heterocycles. The van der Waals surface area contributed by atoms with Gasteiger partial charge in [0.1, 0.15) is 6.04 Å². The van der Waals surface area contributed by atoms with Gasteiger partial charge < -0.3 is 16.4 Å². The summed E-state index contributed by atoms with van der Waals surface area (Å²) in [5.41, 5.74) is 5.62. The highest BCUT2D eigenvalue weighted by molar-refractivity contribution is 5.97. The number of primary amides is 1. The first-order valence-electron chi connectivity index (χ1n) is 6.75. The Bertz CT molecular complexity index is 580. The van der Waals surface area contributed by atoms with Gasteiger partial charge in [-0.3, -0.25) is 14.4 Å². The predicted octanol–water partition coefficient (Wildman–Crippen LogP) is -0.0637. The molecule has 116 valence electrons. The third kappa shape index (κ3) is 5.63. The van der Waals surface area contributed by atoms with Crippen molar-refractivity contribution in [1.82, 2.24) is 10.6 Å². The van der Waals surface area contributed by atoms with Gasteiger partial charge >= 0.3 is 0 Å². The van der Waals surface area contributed by atoms with Gasteiger partial charge in [-0.2, -0.15) is 5.26 Å². The summed E-state index contributed by atoms with van der Waals surface area (Å²) >= 11 is 0. The summed E-state index contributed by atoms with van der Waals surface area (Å²) in [7, 11) is 0. The summed E-state index contributed by atoms with van der Waals surface area (Å²) in [6.45, 7) is 1.34. The Kier molecular flexibility index (Phi) is 6.57. The summed E-state index contributed by atoms with van der Waals surface area (Å²) in [5, 5.41) is 13.6. The fourth-order valence-electron chi connectivity index (χ4n) is 1.75. The third-order valence-electron chi connectivity index (χ3n) is 2.93. The number of hydrogen-bond donors (Lipinski definition) is 3. The summed E-state index contributed by atoms with van der Waals surface area (Å²) in [4.78, 5) is 34.8. The van der Waals surface area contributed by atoms with Crippen molar-refractivity contribution >= 4 is 17.7 Å². The summed E-state index contributed by atoms with van der Waals surface area (Å²) in [6, 6.07) is 9.46. The molecule has 0 saturated carbocycles. The molecule has 0 unspecified atom stereocenters. The lowest BCUT2D eigenvalue weighted by molar-refractivity contribution is -0.127. The van der Waals surface area contributed by atoms with Crippen LogP contribution in [-0.4, -0.2) is 30.3 Å². The minimum Gasteiger partial charge on any atom is -0.368 e. The molecule has 0 saturated heterocycles. The first kappa shape index (κ1) is 17.2. The van der Waals surface area contributed by atoms with E-state index in [0.29, 0.717) is 5.56 Å². The minimum absolute atomic E-state index is 0.129. The van der Waals surface area contributed by atoms with E-state index in [1.54, 1.807) is 37.3 Å². The number of nitrogens with two attached hydrogens (primary N) is 1. The molecule has 0 radical (unpaired) electrons. The van der Waals surface area contributed by atoms with E-state index in [-0.39, 0.29) is 13.0 Å². The maximum absolute atomic E-state index is 11.8. The van der Waals surface area contributed by atoms with Crippen molar-refractivity contribution in [3.63, 3.8) is 0 Å². The number of amides is 3. The molecule has 2 atom stereocenters. The van der Waals surface area contributed by atoms with Crippen LogP contribution in [0.4, 0.5) is 0 Å². The first-order valence-corrected chi connectivity index (χ1v) is 6.75. The molecule has 0 aromatic heterocycles. The molecule has 0 fully saturated rings. The van der Waals surface area contributed by atoms with Crippen LogP contribution >= 0.6 is 0 Å². The normalized spacial score (nSPS) is 12.5. The van der Waals surface area contributed by atoms with Crippen molar-refractivity contribution in [2.24, 2.45) is 11.7 Å². The van der Waals surface area contributed by atoms with Crippen molar-refractivity contribution in [3.05, 3.63) is 35.9 Å². The van der Waals surface area contributed by atoms with Crippen molar-refractivity contribution in [1.29, 1.82) is 5.26 Å². The van der Waals surface area contributed by atoms with Crippen LogP contribution in [-0.2, 0) is 9.59 Å². The molecule has 1 rings (SSSR count). The average Bonchev–Trinajstić information content (AvgIpc) is 2.52. The van der Waals surface area contributed by atoms with Gasteiger partial charge in [-0.05, 0) is 25.5 Å². The molecule has 0 aliphatic rings. The number of nitrogens with zero attached hydrogens (tertiary/aromatic N) is 1. The number of nitrogens with one attached hydrogen (secondary N) is 2. The highest BCUT2D eigenvalue weighted by atomic mass is 16.2. The lowest BCUT2D eigenvalue weighted by atomic mass is 10.0. The van der Waals surface area contributed by atoms with Gasteiger partial charge in [0, 0.05) is 11.5 Å². The van der Waals surface area contributed by atoms with E-state index in [0.717, 1.165) is 0 Å². The second-order valence-corrected chi connectivity index (χ2v) is 4.84. The van der Waals surface area contributed by atoms with Crippen LogP contribution in [0.2, 0.25) is 0 Å². The van der Waals surface area contributed by atoms with Gasteiger partial charge in [0.15, 0.2) is 0 Å². The molecule has 0 aliphatic carbocycles. The Morgan fingerprint density at radius 3 is 2.45 bits per heavy atom. The lowest BCUT2D eigenvalue weighted by Crippen LogP contribution is -2.48. The number of hydrogen-bond acceptors (Lipinski definition) is 4. The minimum atomic E-state index is -0.934. The Morgan fingerprint density at radius 1 is 1.27 bits per heavy atom. The van der Waals surface area contributed by atoms with Crippen molar-refractivity contribution in [2.45, 2.75) is 19.4 Å². The highest BCUT2D eigenvalue weighted by Gasteiger charge is 2.21. The number of carbonyl (C=O) groups is 3. The number of rotatable bonds is 7. The van der Waals surface area contributed by atoms with Crippen LogP contribution in [0, 0.1) is 17.2 Å². The molecule has 22 heavy (non-hydrogen) atoms. The summed E-state index contributed by atoms with van der Waals surface area (Å²) in [5.74, 6) is -2.07. The van der Waals surface area contributed by atoms with Gasteiger partial charge in [0.2, 0.25) is 11.8 Å². The van der Waals surface area contributed by atoms with Crippen LogP contribution in [0.5, 0.6) is 0 Å². The van der Waals surface area contributed by atoms with Crippen LogP contribution in [0.15, 0.2) is 30.3 Å². The SMILES string of the molecule is C[C@H](C#N)C[C@@H](NC(=O)CNC(=O)c1ccccc1)C(N)=O. The molecule has 7 heteroatoms. The first-order chi connectivity index (χ1) is 10.4. The molecular weight excluding hydrogens is 284 g/mol. The zero-order valence-corrected chi connectivity index (χ0v) is 12.2. The molecule has 1 aromatic rings. The maximum atomic E-state index is 11.8. The second kappa shape index (κ2) is 8.42. The summed E-state index contributed by atoms with van der Waals surface area (Å²) < 4.78 is 0. The quantitative estimate of drug-likeness (QED) is 0.652. The van der Waals surface area contributed by atoms with E-state index in [2.05, 4.69) is 10.6 Å². The van der Waals surface area contributed by atoms with E-state index in [9.17, 15) is 14.4 Å². The zero-order valence-electron chi connectivity index (χ0n) is 12.2. The van der Waals surface area contributed by atoms with Gasteiger partial charge in [0.25, 0.3) is 5.91 Å². The Hall–Kier alpha value is -2.88. The smallest absolute Gasteiger partial charge is 0.251 e. The molecule has 1 aromatic carbocycles. The zero-order chi connectivity index (χ0) is 16.5. The predicted molar refractivity (Wildman–Crippen MR) is 79.3 cm³/mol. The summed E-state index contributed by atoms with van der Waals surface area (Å²) in [6.07, 6.45) is 0.129. The van der Waals surface area contributed by atoms with Crippen LogP contribution in [0.1, 0.15) is 23.7 Å². The Morgan fingerprint density at radius 2 is 1.91 bits per heavy atom. The molecular formula is C15H18N4O3. The van der Waals surface area contributed by atoms with Gasteiger partial charge in [-0.25, -0.2) is 0 Å². The van der Waals surface area contributed by atoms with E-state index in [4.69, 9.17) is 11.0 Å². The van der Waals surface area contributed by atoms with Crippen LogP contribution < -0.4 is 16.4 Å². The largest absolute Gasteiger partial charge is 0.368 e. The molecule has 0 heterocycles. The van der Waals surface area contributed by atoms with Gasteiger partial charge in [0.05, 0.1) is 12.6 Å². The highest BCUT2D eigenvalue weighted by Crippen LogP contribution is 2.04.